The second-order valence-electron chi connectivity index (χ2n) is 2.36. The number of thiazole rings is 1. The molecule has 1 rings (SSSR count). The molecule has 12 heavy (non-hydrogen) atoms. The number of aryl methyl sites for hydroxylation is 1. The molecule has 0 aromatic carbocycles. The first-order valence-electron chi connectivity index (χ1n) is 3.02. The summed E-state index contributed by atoms with van der Waals surface area (Å²) in [4.78, 5) is 3.65. The monoisotopic (exact) mass is 214 g/mol. The largest absolute Gasteiger partial charge is 0.375 e. The Labute approximate surface area is 79.2 Å². The van der Waals surface area contributed by atoms with Gasteiger partial charge in [0.1, 0.15) is 0 Å². The molecule has 2 nitrogen and oxygen atoms in total. The number of halogens is 3. The highest BCUT2D eigenvalue weighted by atomic mass is 35.5. The van der Waals surface area contributed by atoms with Gasteiger partial charge in [0.25, 0.3) is 5.92 Å². The van der Waals surface area contributed by atoms with Crippen LogP contribution < -0.4 is 5.73 Å². The molecule has 1 heterocycles. The zero-order valence-electron chi connectivity index (χ0n) is 6.60. The highest BCUT2D eigenvalue weighted by Crippen LogP contribution is 2.34. The number of hydrogen-bond donors (Lipinski definition) is 1. The molecule has 0 aliphatic heterocycles. The second-order valence-corrected chi connectivity index (χ2v) is 3.39. The molecule has 70 valence electrons. The summed E-state index contributed by atoms with van der Waals surface area (Å²) in [5.41, 5.74) is 5.57. The number of nitrogens with two attached hydrogens (primary N) is 1. The Bertz CT molecular complexity index is 269. The lowest BCUT2D eigenvalue weighted by molar-refractivity contribution is 0.0207. The van der Waals surface area contributed by atoms with Gasteiger partial charge in [0.15, 0.2) is 5.13 Å². The van der Waals surface area contributed by atoms with Gasteiger partial charge in [0.05, 0.1) is 10.6 Å². The van der Waals surface area contributed by atoms with Crippen molar-refractivity contribution in [3.05, 3.63) is 10.6 Å². The maximum Gasteiger partial charge on any atom is 0.281 e. The Balaban J connectivity index is 0.00000121. The number of nitrogens with zero attached hydrogens (tertiary/aromatic N) is 1. The number of aromatic nitrogens is 1. The first-order chi connectivity index (χ1) is 4.91. The quantitative estimate of drug-likeness (QED) is 0.781. The molecule has 0 saturated heterocycles. The van der Waals surface area contributed by atoms with Crippen molar-refractivity contribution in [3.8, 4) is 0 Å². The number of rotatable bonds is 1. The first kappa shape index (κ1) is 11.6. The minimum atomic E-state index is -2.82. The van der Waals surface area contributed by atoms with Crippen LogP contribution in [0.2, 0.25) is 0 Å². The fraction of sp³-hybridized carbons (Fsp3) is 0.500. The van der Waals surface area contributed by atoms with Gasteiger partial charge in [-0.3, -0.25) is 0 Å². The molecule has 0 unspecified atom stereocenters. The van der Waals surface area contributed by atoms with Gasteiger partial charge in [-0.25, -0.2) is 13.8 Å². The lowest BCUT2D eigenvalue weighted by Crippen LogP contribution is -2.05. The molecule has 1 aromatic heterocycles. The van der Waals surface area contributed by atoms with Crippen LogP contribution in [0.15, 0.2) is 0 Å². The molecule has 1 aromatic rings. The lowest BCUT2D eigenvalue weighted by atomic mass is 10.3. The minimum absolute atomic E-state index is 0. The van der Waals surface area contributed by atoms with Crippen LogP contribution in [0.4, 0.5) is 13.9 Å². The average molecular weight is 215 g/mol. The molecule has 6 heteroatoms. The first-order valence-corrected chi connectivity index (χ1v) is 3.84. The molecule has 0 spiro atoms. The molecular formula is C6H9ClF2N2S. The summed E-state index contributed by atoms with van der Waals surface area (Å²) in [5, 5.41) is 0.194. The topological polar surface area (TPSA) is 38.9 Å². The minimum Gasteiger partial charge on any atom is -0.375 e. The molecule has 0 aliphatic rings. The van der Waals surface area contributed by atoms with Crippen molar-refractivity contribution in [1.29, 1.82) is 0 Å². The van der Waals surface area contributed by atoms with Crippen LogP contribution in [0, 0.1) is 6.92 Å². The highest BCUT2D eigenvalue weighted by molar-refractivity contribution is 7.15. The second kappa shape index (κ2) is 3.53. The average Bonchev–Trinajstić information content (AvgIpc) is 2.08. The van der Waals surface area contributed by atoms with Gasteiger partial charge in [-0.15, -0.1) is 12.4 Å². The molecule has 0 saturated carbocycles. The van der Waals surface area contributed by atoms with Crippen LogP contribution in [0.1, 0.15) is 17.5 Å². The Morgan fingerprint density at radius 3 is 2.17 bits per heavy atom. The lowest BCUT2D eigenvalue weighted by Gasteiger charge is -2.06. The van der Waals surface area contributed by atoms with E-state index in [1.807, 2.05) is 0 Å². The van der Waals surface area contributed by atoms with Gasteiger partial charge < -0.3 is 5.73 Å². The van der Waals surface area contributed by atoms with E-state index in [0.717, 1.165) is 18.3 Å². The summed E-state index contributed by atoms with van der Waals surface area (Å²) < 4.78 is 25.3. The third kappa shape index (κ3) is 2.28. The SMILES string of the molecule is Cc1nc(N)sc1C(C)(F)F.Cl. The van der Waals surface area contributed by atoms with E-state index in [4.69, 9.17) is 5.73 Å². The summed E-state index contributed by atoms with van der Waals surface area (Å²) in [6.07, 6.45) is 0. The molecule has 2 N–H and O–H groups in total. The Morgan fingerprint density at radius 1 is 1.50 bits per heavy atom. The van der Waals surface area contributed by atoms with E-state index >= 15 is 0 Å². The maximum absolute atomic E-state index is 12.6. The Hall–Kier alpha value is -0.420. The van der Waals surface area contributed by atoms with Crippen LogP contribution in [0.3, 0.4) is 0 Å². The standard InChI is InChI=1S/C6H8F2N2S.ClH/c1-3-4(6(2,7)8)11-5(9)10-3;/h1-2H3,(H2,9,10);1H. The normalized spacial score (nSPS) is 11.0. The smallest absolute Gasteiger partial charge is 0.281 e. The van der Waals surface area contributed by atoms with Crippen LogP contribution in [0.5, 0.6) is 0 Å². The predicted octanol–water partition coefficient (Wildman–Crippen LogP) is 2.57. The Morgan fingerprint density at radius 2 is 2.00 bits per heavy atom. The van der Waals surface area contributed by atoms with E-state index in [2.05, 4.69) is 4.98 Å². The molecular weight excluding hydrogens is 206 g/mol. The van der Waals surface area contributed by atoms with Crippen molar-refractivity contribution in [2.45, 2.75) is 19.8 Å². The zero-order valence-corrected chi connectivity index (χ0v) is 8.23. The van der Waals surface area contributed by atoms with Gasteiger partial charge >= 0.3 is 0 Å². The number of anilines is 1. The van der Waals surface area contributed by atoms with E-state index in [9.17, 15) is 8.78 Å². The fourth-order valence-corrected chi connectivity index (χ4v) is 1.59. The summed E-state index contributed by atoms with van der Waals surface area (Å²) in [7, 11) is 0. The van der Waals surface area contributed by atoms with E-state index in [1.165, 1.54) is 6.92 Å². The molecule has 0 amide bonds. The van der Waals surface area contributed by atoms with Crippen molar-refractivity contribution >= 4 is 28.9 Å². The van der Waals surface area contributed by atoms with E-state index in [-0.39, 0.29) is 22.4 Å². The maximum atomic E-state index is 12.6. The van der Waals surface area contributed by atoms with Gasteiger partial charge in [0, 0.05) is 6.92 Å². The van der Waals surface area contributed by atoms with Crippen molar-refractivity contribution in [1.82, 2.24) is 4.98 Å². The molecule has 0 aliphatic carbocycles. The van der Waals surface area contributed by atoms with E-state index in [0.29, 0.717) is 5.69 Å². The third-order valence-corrected chi connectivity index (χ3v) is 2.37. The van der Waals surface area contributed by atoms with Gasteiger partial charge in [0.2, 0.25) is 0 Å². The molecule has 0 bridgehead atoms. The van der Waals surface area contributed by atoms with E-state index < -0.39 is 5.92 Å². The zero-order chi connectivity index (χ0) is 8.65. The van der Waals surface area contributed by atoms with Gasteiger partial charge in [-0.2, -0.15) is 0 Å². The van der Waals surface area contributed by atoms with Crippen molar-refractivity contribution in [2.75, 3.05) is 5.73 Å². The summed E-state index contributed by atoms with van der Waals surface area (Å²) >= 11 is 0.838. The van der Waals surface area contributed by atoms with E-state index in [1.54, 1.807) is 0 Å². The van der Waals surface area contributed by atoms with Gasteiger partial charge in [-0.05, 0) is 6.92 Å². The highest BCUT2D eigenvalue weighted by Gasteiger charge is 2.29. The summed E-state index contributed by atoms with van der Waals surface area (Å²) in [5.74, 6) is -2.82. The van der Waals surface area contributed by atoms with Crippen molar-refractivity contribution in [3.63, 3.8) is 0 Å². The number of alkyl halides is 2. The van der Waals surface area contributed by atoms with Crippen molar-refractivity contribution < 1.29 is 8.78 Å². The number of nitrogen functional groups attached to an aromatic ring is 1. The number of hydrogen-bond acceptors (Lipinski definition) is 3. The van der Waals surface area contributed by atoms with Crippen LogP contribution >= 0.6 is 23.7 Å². The van der Waals surface area contributed by atoms with Crippen LogP contribution in [-0.2, 0) is 5.92 Å². The van der Waals surface area contributed by atoms with Gasteiger partial charge in [-0.1, -0.05) is 11.3 Å². The predicted molar refractivity (Wildman–Crippen MR) is 48.1 cm³/mol. The van der Waals surface area contributed by atoms with Crippen molar-refractivity contribution in [2.24, 2.45) is 0 Å². The summed E-state index contributed by atoms with van der Waals surface area (Å²) in [6.45, 7) is 2.37. The van der Waals surface area contributed by atoms with Crippen LogP contribution in [0.25, 0.3) is 0 Å². The molecule has 0 atom stereocenters. The third-order valence-electron chi connectivity index (χ3n) is 1.21. The summed E-state index contributed by atoms with van der Waals surface area (Å²) in [6, 6.07) is 0. The van der Waals surface area contributed by atoms with Crippen LogP contribution in [-0.4, -0.2) is 4.98 Å². The fourth-order valence-electron chi connectivity index (χ4n) is 0.825. The Kier molecular flexibility index (Phi) is 3.41. The molecule has 0 fully saturated rings. The molecule has 0 radical (unpaired) electrons.